The first-order valence-corrected chi connectivity index (χ1v) is 6.56. The van der Waals surface area contributed by atoms with Gasteiger partial charge in [0, 0.05) is 0 Å². The Morgan fingerprint density at radius 3 is 2.29 bits per heavy atom. The Labute approximate surface area is 112 Å². The molecule has 0 saturated carbocycles. The van der Waals surface area contributed by atoms with Crippen LogP contribution in [0, 0.1) is 9.39 Å². The maximum Gasteiger partial charge on any atom is 0.534 e. The van der Waals surface area contributed by atoms with Crippen molar-refractivity contribution in [1.82, 2.24) is 0 Å². The van der Waals surface area contributed by atoms with Crippen LogP contribution in [0.2, 0.25) is 5.02 Å². The lowest BCUT2D eigenvalue weighted by Gasteiger charge is -2.10. The van der Waals surface area contributed by atoms with E-state index in [4.69, 9.17) is 11.6 Å². The lowest BCUT2D eigenvalue weighted by atomic mass is 10.3. The van der Waals surface area contributed by atoms with Crippen molar-refractivity contribution in [3.63, 3.8) is 0 Å². The number of rotatable bonds is 2. The molecule has 0 bridgehead atoms. The van der Waals surface area contributed by atoms with Crippen molar-refractivity contribution in [3.8, 4) is 5.75 Å². The third kappa shape index (κ3) is 3.35. The first-order chi connectivity index (χ1) is 7.54. The molecule has 3 nitrogen and oxygen atoms in total. The van der Waals surface area contributed by atoms with Crippen LogP contribution >= 0.6 is 34.2 Å². The van der Waals surface area contributed by atoms with Crippen molar-refractivity contribution in [1.29, 1.82) is 0 Å². The topological polar surface area (TPSA) is 43.4 Å². The minimum atomic E-state index is -5.81. The van der Waals surface area contributed by atoms with Gasteiger partial charge in [0.15, 0.2) is 5.75 Å². The van der Waals surface area contributed by atoms with Crippen LogP contribution in [0.5, 0.6) is 5.75 Å². The average molecular weight is 405 g/mol. The Morgan fingerprint density at radius 1 is 1.29 bits per heavy atom. The van der Waals surface area contributed by atoms with E-state index in [-0.39, 0.29) is 3.57 Å². The SMILES string of the molecule is O=S(=O)(Oc1cc(I)c(F)cc1Cl)C(F)(F)F. The number of hydrogen-bond acceptors (Lipinski definition) is 3. The van der Waals surface area contributed by atoms with Gasteiger partial charge >= 0.3 is 15.6 Å². The van der Waals surface area contributed by atoms with Gasteiger partial charge in [0.25, 0.3) is 0 Å². The van der Waals surface area contributed by atoms with Gasteiger partial charge in [-0.3, -0.25) is 0 Å². The molecule has 1 aromatic carbocycles. The van der Waals surface area contributed by atoms with Gasteiger partial charge in [0.05, 0.1) is 8.59 Å². The van der Waals surface area contributed by atoms with E-state index in [1.165, 1.54) is 22.6 Å². The summed E-state index contributed by atoms with van der Waals surface area (Å²) in [5.74, 6) is -1.58. The van der Waals surface area contributed by atoms with Gasteiger partial charge in [-0.2, -0.15) is 21.6 Å². The van der Waals surface area contributed by atoms with Gasteiger partial charge in [-0.15, -0.1) is 0 Å². The van der Waals surface area contributed by atoms with E-state index in [0.29, 0.717) is 6.07 Å². The molecule has 1 aromatic rings. The zero-order valence-electron chi connectivity index (χ0n) is 7.56. The molecule has 0 unspecified atom stereocenters. The van der Waals surface area contributed by atoms with E-state index >= 15 is 0 Å². The van der Waals surface area contributed by atoms with Crippen LogP contribution in [0.15, 0.2) is 12.1 Å². The molecule has 0 fully saturated rings. The number of hydrogen-bond donors (Lipinski definition) is 0. The van der Waals surface area contributed by atoms with Crippen molar-refractivity contribution in [2.24, 2.45) is 0 Å². The van der Waals surface area contributed by atoms with E-state index < -0.39 is 32.2 Å². The summed E-state index contributed by atoms with van der Waals surface area (Å²) in [5.41, 5.74) is -5.57. The standard InChI is InChI=1S/C7H2ClF4IO3S/c8-3-1-4(9)5(13)2-6(3)16-17(14,15)7(10,11)12/h1-2H. The summed E-state index contributed by atoms with van der Waals surface area (Å²) in [6, 6.07) is 1.41. The molecule has 17 heavy (non-hydrogen) atoms. The molecule has 0 aromatic heterocycles. The fraction of sp³-hybridized carbons (Fsp3) is 0.143. The van der Waals surface area contributed by atoms with Crippen LogP contribution in [0.4, 0.5) is 17.6 Å². The third-order valence-electron chi connectivity index (χ3n) is 1.46. The summed E-state index contributed by atoms with van der Waals surface area (Å²) in [6.45, 7) is 0. The summed E-state index contributed by atoms with van der Waals surface area (Å²) in [7, 11) is -5.81. The first kappa shape index (κ1) is 14.8. The smallest absolute Gasteiger partial charge is 0.374 e. The summed E-state index contributed by atoms with van der Waals surface area (Å²) in [6.07, 6.45) is 0. The molecule has 1 rings (SSSR count). The molecule has 0 aliphatic carbocycles. The van der Waals surface area contributed by atoms with E-state index in [9.17, 15) is 26.0 Å². The Balaban J connectivity index is 3.18. The Kier molecular flexibility index (Phi) is 4.14. The molecule has 0 N–H and O–H groups in total. The summed E-state index contributed by atoms with van der Waals surface area (Å²) in [5, 5.41) is -0.573. The van der Waals surface area contributed by atoms with E-state index in [1.54, 1.807) is 0 Å². The maximum absolute atomic E-state index is 12.9. The van der Waals surface area contributed by atoms with Crippen LogP contribution < -0.4 is 4.18 Å². The number of alkyl halides is 3. The lowest BCUT2D eigenvalue weighted by Crippen LogP contribution is -2.28. The molecule has 0 amide bonds. The first-order valence-electron chi connectivity index (χ1n) is 3.70. The van der Waals surface area contributed by atoms with E-state index in [1.807, 2.05) is 0 Å². The van der Waals surface area contributed by atoms with Crippen molar-refractivity contribution in [2.75, 3.05) is 0 Å². The second-order valence-electron chi connectivity index (χ2n) is 2.68. The average Bonchev–Trinajstić information content (AvgIpc) is 2.12. The highest BCUT2D eigenvalue weighted by Crippen LogP contribution is 2.33. The van der Waals surface area contributed by atoms with Crippen LogP contribution in [0.25, 0.3) is 0 Å². The van der Waals surface area contributed by atoms with Crippen LogP contribution in [-0.4, -0.2) is 13.9 Å². The van der Waals surface area contributed by atoms with Gasteiger partial charge in [-0.05, 0) is 34.7 Å². The highest BCUT2D eigenvalue weighted by molar-refractivity contribution is 14.1. The Bertz CT molecular complexity index is 543. The fourth-order valence-electron chi connectivity index (χ4n) is 0.734. The Morgan fingerprint density at radius 2 is 1.82 bits per heavy atom. The minimum Gasteiger partial charge on any atom is -0.374 e. The molecule has 0 atom stereocenters. The largest absolute Gasteiger partial charge is 0.534 e. The lowest BCUT2D eigenvalue weighted by molar-refractivity contribution is -0.0500. The normalized spacial score (nSPS) is 12.6. The van der Waals surface area contributed by atoms with E-state index in [0.717, 1.165) is 6.07 Å². The quantitative estimate of drug-likeness (QED) is 0.250. The van der Waals surface area contributed by atoms with Crippen LogP contribution in [0.1, 0.15) is 0 Å². The second-order valence-corrected chi connectivity index (χ2v) is 5.79. The van der Waals surface area contributed by atoms with Crippen molar-refractivity contribution < 1.29 is 30.2 Å². The van der Waals surface area contributed by atoms with Crippen molar-refractivity contribution in [3.05, 3.63) is 26.5 Å². The molecular weight excluding hydrogens is 402 g/mol. The molecule has 10 heteroatoms. The Hall–Kier alpha value is -0.290. The molecule has 0 aliphatic heterocycles. The molecular formula is C7H2ClF4IO3S. The highest BCUT2D eigenvalue weighted by atomic mass is 127. The molecule has 0 radical (unpaired) electrons. The van der Waals surface area contributed by atoms with Crippen LogP contribution in [-0.2, 0) is 10.1 Å². The molecule has 0 aliphatic rings. The van der Waals surface area contributed by atoms with Gasteiger partial charge in [-0.25, -0.2) is 4.39 Å². The summed E-state index contributed by atoms with van der Waals surface area (Å²) < 4.78 is 73.9. The number of halogens is 6. The molecule has 0 saturated heterocycles. The van der Waals surface area contributed by atoms with Gasteiger partial charge < -0.3 is 4.18 Å². The second kappa shape index (κ2) is 4.76. The van der Waals surface area contributed by atoms with Crippen LogP contribution in [0.3, 0.4) is 0 Å². The predicted octanol–water partition coefficient (Wildman–Crippen LogP) is 3.31. The zero-order chi connectivity index (χ0) is 13.4. The predicted molar refractivity (Wildman–Crippen MR) is 59.7 cm³/mol. The maximum atomic E-state index is 12.9. The van der Waals surface area contributed by atoms with Crippen molar-refractivity contribution >= 4 is 44.3 Å². The van der Waals surface area contributed by atoms with Gasteiger partial charge in [-0.1, -0.05) is 11.6 Å². The van der Waals surface area contributed by atoms with Crippen molar-refractivity contribution in [2.45, 2.75) is 5.51 Å². The molecule has 0 spiro atoms. The minimum absolute atomic E-state index is 0.126. The van der Waals surface area contributed by atoms with E-state index in [2.05, 4.69) is 4.18 Å². The molecule has 0 heterocycles. The van der Waals surface area contributed by atoms with Gasteiger partial charge in [0.1, 0.15) is 5.82 Å². The highest BCUT2D eigenvalue weighted by Gasteiger charge is 2.48. The number of benzene rings is 1. The van der Waals surface area contributed by atoms with Gasteiger partial charge in [0.2, 0.25) is 0 Å². The molecule has 96 valence electrons. The monoisotopic (exact) mass is 404 g/mol. The summed E-state index contributed by atoms with van der Waals surface area (Å²) >= 11 is 6.81. The summed E-state index contributed by atoms with van der Waals surface area (Å²) in [4.78, 5) is 0. The zero-order valence-corrected chi connectivity index (χ0v) is 11.3. The fourth-order valence-corrected chi connectivity index (χ4v) is 1.88. The third-order valence-corrected chi connectivity index (χ3v) is 3.55.